The smallest absolute Gasteiger partial charge is 0.243 e. The number of anilines is 1. The number of amides is 2. The highest BCUT2D eigenvalue weighted by Crippen LogP contribution is 2.26. The molecule has 186 valence electrons. The number of sulfonamides is 1. The van der Waals surface area contributed by atoms with Gasteiger partial charge in [-0.25, -0.2) is 13.1 Å². The highest BCUT2D eigenvalue weighted by Gasteiger charge is 2.32. The molecule has 1 atom stereocenters. The summed E-state index contributed by atoms with van der Waals surface area (Å²) in [6.45, 7) is 5.37. The Morgan fingerprint density at radius 3 is 2.43 bits per heavy atom. The lowest BCUT2D eigenvalue weighted by Crippen LogP contribution is -2.52. The van der Waals surface area contributed by atoms with Crippen LogP contribution >= 0.6 is 0 Å². The number of carbonyl (C=O) groups excluding carboxylic acids is 2. The van der Waals surface area contributed by atoms with E-state index in [1.807, 2.05) is 39.0 Å². The van der Waals surface area contributed by atoms with Crippen LogP contribution < -0.4 is 14.9 Å². The third kappa shape index (κ3) is 6.80. The van der Waals surface area contributed by atoms with Crippen molar-refractivity contribution in [3.63, 3.8) is 0 Å². The maximum Gasteiger partial charge on any atom is 0.243 e. The molecule has 0 aliphatic rings. The van der Waals surface area contributed by atoms with Crippen molar-refractivity contribution in [1.82, 2.24) is 10.0 Å². The number of rotatable bonds is 11. The second-order valence-corrected chi connectivity index (χ2v) is 10.1. The molecule has 0 saturated carbocycles. The van der Waals surface area contributed by atoms with Crippen molar-refractivity contribution in [1.29, 1.82) is 0 Å². The Kier molecular flexibility index (Phi) is 8.84. The summed E-state index contributed by atoms with van der Waals surface area (Å²) in [6, 6.07) is 16.1. The summed E-state index contributed by atoms with van der Waals surface area (Å²) in [5.41, 5.74) is 2.29. The highest BCUT2D eigenvalue weighted by molar-refractivity contribution is 7.89. The number of carbonyl (C=O) groups is 2. The maximum absolute atomic E-state index is 13.5. The van der Waals surface area contributed by atoms with Crippen LogP contribution in [0.5, 0.6) is 0 Å². The first-order chi connectivity index (χ1) is 16.7. The number of aryl methyl sites for hydroxylation is 2. The Labute approximate surface area is 206 Å². The van der Waals surface area contributed by atoms with E-state index in [9.17, 15) is 18.0 Å². The molecule has 3 aromatic rings. The number of hydrogen-bond acceptors (Lipinski definition) is 5. The van der Waals surface area contributed by atoms with Gasteiger partial charge in [0.2, 0.25) is 21.8 Å². The van der Waals surface area contributed by atoms with Crippen LogP contribution in [-0.4, -0.2) is 32.8 Å². The molecule has 1 unspecified atom stereocenters. The summed E-state index contributed by atoms with van der Waals surface area (Å²) in [7, 11) is -3.90. The van der Waals surface area contributed by atoms with Gasteiger partial charge in [-0.3, -0.25) is 14.5 Å². The molecule has 2 N–H and O–H groups in total. The fourth-order valence-electron chi connectivity index (χ4n) is 3.74. The van der Waals surface area contributed by atoms with Crippen molar-refractivity contribution >= 4 is 27.5 Å². The summed E-state index contributed by atoms with van der Waals surface area (Å²) in [5.74, 6) is -0.276. The van der Waals surface area contributed by atoms with E-state index >= 15 is 0 Å². The third-order valence-corrected chi connectivity index (χ3v) is 6.97. The van der Waals surface area contributed by atoms with Gasteiger partial charge in [0.05, 0.1) is 24.2 Å². The van der Waals surface area contributed by atoms with Crippen molar-refractivity contribution in [2.45, 2.75) is 51.1 Å². The van der Waals surface area contributed by atoms with Crippen LogP contribution in [0, 0.1) is 13.8 Å². The second kappa shape index (κ2) is 11.8. The van der Waals surface area contributed by atoms with Gasteiger partial charge < -0.3 is 9.73 Å². The molecule has 0 bridgehead atoms. The largest absolute Gasteiger partial charge is 0.467 e. The maximum atomic E-state index is 13.5. The Balaban J connectivity index is 1.90. The molecule has 0 spiro atoms. The minimum Gasteiger partial charge on any atom is -0.467 e. The second-order valence-electron chi connectivity index (χ2n) is 8.29. The fourth-order valence-corrected chi connectivity index (χ4v) is 4.73. The van der Waals surface area contributed by atoms with E-state index in [1.54, 1.807) is 30.3 Å². The molecule has 3 rings (SSSR count). The first-order valence-corrected chi connectivity index (χ1v) is 13.0. The summed E-state index contributed by atoms with van der Waals surface area (Å²) in [6.07, 6.45) is 2.56. The topological polar surface area (TPSA) is 109 Å². The molecular formula is C26H31N3O5S. The lowest BCUT2D eigenvalue weighted by atomic mass is 10.0. The van der Waals surface area contributed by atoms with Crippen molar-refractivity contribution in [3.8, 4) is 0 Å². The van der Waals surface area contributed by atoms with E-state index in [-0.39, 0.29) is 17.3 Å². The molecule has 35 heavy (non-hydrogen) atoms. The zero-order valence-corrected chi connectivity index (χ0v) is 21.0. The number of nitrogens with zero attached hydrogens (tertiary/aromatic N) is 1. The molecule has 0 fully saturated rings. The van der Waals surface area contributed by atoms with Crippen LogP contribution in [0.15, 0.2) is 76.2 Å². The van der Waals surface area contributed by atoms with Gasteiger partial charge in [0.25, 0.3) is 0 Å². The number of benzene rings is 2. The molecule has 8 nitrogen and oxygen atoms in total. The average molecular weight is 498 g/mol. The SMILES string of the molecule is CCCC(C(=O)NCc1ccco1)N(C(=O)CNS(=O)(=O)c1ccccc1)c1cc(C)ccc1C. The Morgan fingerprint density at radius 2 is 1.77 bits per heavy atom. The van der Waals surface area contributed by atoms with Crippen molar-refractivity contribution in [3.05, 3.63) is 83.8 Å². The van der Waals surface area contributed by atoms with E-state index in [0.29, 0.717) is 24.3 Å². The molecule has 9 heteroatoms. The Hall–Kier alpha value is -3.43. The fraction of sp³-hybridized carbons (Fsp3) is 0.308. The minimum absolute atomic E-state index is 0.0624. The molecule has 0 radical (unpaired) electrons. The van der Waals surface area contributed by atoms with Gasteiger partial charge in [0, 0.05) is 5.69 Å². The lowest BCUT2D eigenvalue weighted by molar-refractivity contribution is -0.126. The Morgan fingerprint density at radius 1 is 1.03 bits per heavy atom. The van der Waals surface area contributed by atoms with Crippen LogP contribution in [0.25, 0.3) is 0 Å². The predicted molar refractivity (Wildman–Crippen MR) is 134 cm³/mol. The van der Waals surface area contributed by atoms with Crippen LogP contribution in [0.4, 0.5) is 5.69 Å². The number of hydrogen-bond donors (Lipinski definition) is 2. The van der Waals surface area contributed by atoms with Crippen LogP contribution in [0.1, 0.15) is 36.7 Å². The molecule has 2 aromatic carbocycles. The quantitative estimate of drug-likeness (QED) is 0.420. The zero-order chi connectivity index (χ0) is 25.4. The van der Waals surface area contributed by atoms with Crippen LogP contribution in [0.3, 0.4) is 0 Å². The average Bonchev–Trinajstić information content (AvgIpc) is 3.37. The Bertz CT molecular complexity index is 1240. The van der Waals surface area contributed by atoms with E-state index in [2.05, 4.69) is 10.0 Å². The monoisotopic (exact) mass is 497 g/mol. The number of furan rings is 1. The molecule has 1 aromatic heterocycles. The van der Waals surface area contributed by atoms with Gasteiger partial charge in [-0.15, -0.1) is 0 Å². The van der Waals surface area contributed by atoms with Crippen molar-refractivity contribution in [2.75, 3.05) is 11.4 Å². The van der Waals surface area contributed by atoms with Gasteiger partial charge >= 0.3 is 0 Å². The van der Waals surface area contributed by atoms with Crippen LogP contribution in [-0.2, 0) is 26.2 Å². The van der Waals surface area contributed by atoms with E-state index in [1.165, 1.54) is 23.3 Å². The van der Waals surface area contributed by atoms with Crippen LogP contribution in [0.2, 0.25) is 0 Å². The van der Waals surface area contributed by atoms with E-state index < -0.39 is 28.5 Å². The normalized spacial score (nSPS) is 12.2. The third-order valence-electron chi connectivity index (χ3n) is 5.55. The van der Waals surface area contributed by atoms with Gasteiger partial charge in [0.1, 0.15) is 11.8 Å². The lowest BCUT2D eigenvalue weighted by Gasteiger charge is -2.32. The minimum atomic E-state index is -3.90. The zero-order valence-electron chi connectivity index (χ0n) is 20.2. The first-order valence-electron chi connectivity index (χ1n) is 11.5. The van der Waals surface area contributed by atoms with Gasteiger partial charge in [-0.2, -0.15) is 0 Å². The summed E-state index contributed by atoms with van der Waals surface area (Å²) < 4.78 is 33.1. The number of nitrogens with one attached hydrogen (secondary N) is 2. The molecule has 0 aliphatic heterocycles. The summed E-state index contributed by atoms with van der Waals surface area (Å²) in [5, 5.41) is 2.84. The molecule has 1 heterocycles. The van der Waals surface area contributed by atoms with Gasteiger partial charge in [-0.1, -0.05) is 43.7 Å². The highest BCUT2D eigenvalue weighted by atomic mass is 32.2. The summed E-state index contributed by atoms with van der Waals surface area (Å²) >= 11 is 0. The molecule has 2 amide bonds. The summed E-state index contributed by atoms with van der Waals surface area (Å²) in [4.78, 5) is 28.3. The molecular weight excluding hydrogens is 466 g/mol. The van der Waals surface area contributed by atoms with Gasteiger partial charge in [0.15, 0.2) is 0 Å². The van der Waals surface area contributed by atoms with Crippen molar-refractivity contribution < 1.29 is 22.4 Å². The first kappa shape index (κ1) is 26.2. The molecule has 0 saturated heterocycles. The predicted octanol–water partition coefficient (Wildman–Crippen LogP) is 3.69. The van der Waals surface area contributed by atoms with Crippen molar-refractivity contribution in [2.24, 2.45) is 0 Å². The van der Waals surface area contributed by atoms with E-state index in [4.69, 9.17) is 4.42 Å². The van der Waals surface area contributed by atoms with E-state index in [0.717, 1.165) is 11.1 Å². The van der Waals surface area contributed by atoms with Gasteiger partial charge in [-0.05, 0) is 61.7 Å². The molecule has 0 aliphatic carbocycles. The standard InChI is InChI=1S/C26H31N3O5S/c1-4-9-23(26(31)27-17-21-10-8-15-34-21)29(24-16-19(2)13-14-20(24)3)25(30)18-28-35(32,33)22-11-6-5-7-12-22/h5-8,10-16,23,28H,4,9,17-18H2,1-3H3,(H,27,31).